The largest absolute Gasteiger partial charge is 0.491 e. The minimum absolute atomic E-state index is 0.210. The van der Waals surface area contributed by atoms with Crippen molar-refractivity contribution in [2.75, 3.05) is 6.61 Å². The summed E-state index contributed by atoms with van der Waals surface area (Å²) in [5.74, 6) is 5.93. The van der Waals surface area contributed by atoms with Crippen LogP contribution < -0.4 is 10.6 Å². The van der Waals surface area contributed by atoms with Crippen LogP contribution in [-0.4, -0.2) is 12.7 Å². The van der Waals surface area contributed by atoms with E-state index in [0.29, 0.717) is 6.61 Å². The van der Waals surface area contributed by atoms with Gasteiger partial charge in [0.05, 0.1) is 12.7 Å². The fourth-order valence-electron chi connectivity index (χ4n) is 1.43. The van der Waals surface area contributed by atoms with Crippen molar-refractivity contribution in [2.24, 2.45) is 5.90 Å². The van der Waals surface area contributed by atoms with Gasteiger partial charge in [-0.3, -0.25) is 0 Å². The molecule has 0 radical (unpaired) electrons. The Morgan fingerprint density at radius 2 is 2.07 bits per heavy atom. The van der Waals surface area contributed by atoms with Crippen LogP contribution in [-0.2, 0) is 11.3 Å². The summed E-state index contributed by atoms with van der Waals surface area (Å²) < 4.78 is 5.65. The Balaban J connectivity index is 2.70. The molecule has 15 heavy (non-hydrogen) atoms. The molecule has 0 amide bonds. The summed E-state index contributed by atoms with van der Waals surface area (Å²) >= 11 is 0. The van der Waals surface area contributed by atoms with Crippen molar-refractivity contribution in [3.05, 3.63) is 29.3 Å². The quantitative estimate of drug-likeness (QED) is 0.756. The minimum Gasteiger partial charge on any atom is -0.491 e. The topological polar surface area (TPSA) is 44.5 Å². The van der Waals surface area contributed by atoms with Gasteiger partial charge in [-0.2, -0.15) is 0 Å². The second-order valence-electron chi connectivity index (χ2n) is 3.89. The van der Waals surface area contributed by atoms with Crippen LogP contribution in [0.4, 0.5) is 0 Å². The van der Waals surface area contributed by atoms with Crippen molar-refractivity contribution in [2.45, 2.75) is 33.3 Å². The fraction of sp³-hybridized carbons (Fsp3) is 0.500. The normalized spacial score (nSPS) is 10.7. The molecular formula is C12H19NO2. The highest BCUT2D eigenvalue weighted by atomic mass is 16.6. The standard InChI is InChI=1S/C12H19NO2/c1-9(2)15-12-5-4-11(6-7-14-13)8-10(12)3/h4-5,8-9H,6-7,13H2,1-3H3. The van der Waals surface area contributed by atoms with E-state index in [2.05, 4.69) is 10.9 Å². The summed E-state index contributed by atoms with van der Waals surface area (Å²) in [5.41, 5.74) is 2.37. The molecule has 0 unspecified atom stereocenters. The van der Waals surface area contributed by atoms with Gasteiger partial charge in [-0.05, 0) is 44.4 Å². The lowest BCUT2D eigenvalue weighted by Gasteiger charge is -2.13. The maximum absolute atomic E-state index is 5.65. The van der Waals surface area contributed by atoms with Crippen molar-refractivity contribution in [3.8, 4) is 5.75 Å². The predicted octanol–water partition coefficient (Wildman–Crippen LogP) is 2.22. The first-order chi connectivity index (χ1) is 7.13. The van der Waals surface area contributed by atoms with Gasteiger partial charge < -0.3 is 9.57 Å². The lowest BCUT2D eigenvalue weighted by atomic mass is 10.1. The molecule has 1 aromatic carbocycles. The highest BCUT2D eigenvalue weighted by Gasteiger charge is 2.03. The average molecular weight is 209 g/mol. The third-order valence-corrected chi connectivity index (χ3v) is 2.11. The van der Waals surface area contributed by atoms with Gasteiger partial charge >= 0.3 is 0 Å². The SMILES string of the molecule is Cc1cc(CCON)ccc1OC(C)C. The molecule has 0 bridgehead atoms. The average Bonchev–Trinajstić information content (AvgIpc) is 2.18. The smallest absolute Gasteiger partial charge is 0.122 e. The van der Waals surface area contributed by atoms with Crippen molar-refractivity contribution in [1.29, 1.82) is 0 Å². The van der Waals surface area contributed by atoms with Crippen LogP contribution in [0.15, 0.2) is 18.2 Å². The van der Waals surface area contributed by atoms with Gasteiger partial charge in [-0.1, -0.05) is 12.1 Å². The van der Waals surface area contributed by atoms with Gasteiger partial charge in [0.15, 0.2) is 0 Å². The second kappa shape index (κ2) is 5.73. The second-order valence-corrected chi connectivity index (χ2v) is 3.89. The molecule has 0 atom stereocenters. The molecule has 1 aromatic rings. The molecule has 0 aliphatic carbocycles. The molecule has 3 nitrogen and oxygen atoms in total. The third kappa shape index (κ3) is 3.90. The lowest BCUT2D eigenvalue weighted by Crippen LogP contribution is -2.07. The number of ether oxygens (including phenoxy) is 1. The van der Waals surface area contributed by atoms with Gasteiger partial charge in [0.25, 0.3) is 0 Å². The highest BCUT2D eigenvalue weighted by Crippen LogP contribution is 2.20. The molecule has 0 heterocycles. The number of aryl methyl sites for hydroxylation is 1. The lowest BCUT2D eigenvalue weighted by molar-refractivity contribution is 0.141. The minimum atomic E-state index is 0.210. The van der Waals surface area contributed by atoms with E-state index in [4.69, 9.17) is 10.6 Å². The highest BCUT2D eigenvalue weighted by molar-refractivity contribution is 5.36. The molecule has 2 N–H and O–H groups in total. The van der Waals surface area contributed by atoms with Gasteiger partial charge in [-0.15, -0.1) is 0 Å². The molecule has 0 fully saturated rings. The van der Waals surface area contributed by atoms with Crippen molar-refractivity contribution >= 4 is 0 Å². The number of hydrogen-bond acceptors (Lipinski definition) is 3. The van der Waals surface area contributed by atoms with E-state index >= 15 is 0 Å². The Hall–Kier alpha value is -1.06. The summed E-state index contributed by atoms with van der Waals surface area (Å²) in [7, 11) is 0. The van der Waals surface area contributed by atoms with Crippen LogP contribution in [0.25, 0.3) is 0 Å². The van der Waals surface area contributed by atoms with Crippen molar-refractivity contribution in [3.63, 3.8) is 0 Å². The van der Waals surface area contributed by atoms with Crippen LogP contribution in [0, 0.1) is 6.92 Å². The predicted molar refractivity (Wildman–Crippen MR) is 60.8 cm³/mol. The van der Waals surface area contributed by atoms with Crippen LogP contribution in [0.5, 0.6) is 5.75 Å². The molecule has 3 heteroatoms. The Labute approximate surface area is 91.1 Å². The number of rotatable bonds is 5. The maximum atomic E-state index is 5.65. The number of benzene rings is 1. The fourth-order valence-corrected chi connectivity index (χ4v) is 1.43. The van der Waals surface area contributed by atoms with Gasteiger partial charge in [0.2, 0.25) is 0 Å². The zero-order chi connectivity index (χ0) is 11.3. The molecule has 0 aliphatic heterocycles. The summed E-state index contributed by atoms with van der Waals surface area (Å²) in [6.45, 7) is 6.64. The van der Waals surface area contributed by atoms with E-state index < -0.39 is 0 Å². The first-order valence-electron chi connectivity index (χ1n) is 5.21. The van der Waals surface area contributed by atoms with E-state index in [9.17, 15) is 0 Å². The van der Waals surface area contributed by atoms with E-state index in [0.717, 1.165) is 17.7 Å². The maximum Gasteiger partial charge on any atom is 0.122 e. The number of hydrogen-bond donors (Lipinski definition) is 1. The first-order valence-corrected chi connectivity index (χ1v) is 5.21. The van der Waals surface area contributed by atoms with Crippen LogP contribution in [0.3, 0.4) is 0 Å². The summed E-state index contributed by atoms with van der Waals surface area (Å²) in [6.07, 6.45) is 1.04. The Bertz CT molecular complexity index is 310. The molecule has 1 rings (SSSR count). The van der Waals surface area contributed by atoms with Crippen LogP contribution in [0.1, 0.15) is 25.0 Å². The molecule has 84 valence electrons. The van der Waals surface area contributed by atoms with Crippen LogP contribution >= 0.6 is 0 Å². The first kappa shape index (κ1) is 12.0. The van der Waals surface area contributed by atoms with Crippen LogP contribution in [0.2, 0.25) is 0 Å². The summed E-state index contributed by atoms with van der Waals surface area (Å²) in [5, 5.41) is 0. The van der Waals surface area contributed by atoms with E-state index in [1.54, 1.807) is 0 Å². The van der Waals surface area contributed by atoms with Gasteiger partial charge in [-0.25, -0.2) is 5.90 Å². The van der Waals surface area contributed by atoms with Gasteiger partial charge in [0.1, 0.15) is 5.75 Å². The Kier molecular flexibility index (Phi) is 4.59. The molecule has 0 saturated heterocycles. The Morgan fingerprint density at radius 1 is 1.33 bits per heavy atom. The molecule has 0 aromatic heterocycles. The number of nitrogens with two attached hydrogens (primary N) is 1. The third-order valence-electron chi connectivity index (χ3n) is 2.11. The molecule has 0 aliphatic rings. The Morgan fingerprint density at radius 3 is 2.60 bits per heavy atom. The molecule has 0 spiro atoms. The zero-order valence-electron chi connectivity index (χ0n) is 9.62. The molecular weight excluding hydrogens is 190 g/mol. The van der Waals surface area contributed by atoms with Gasteiger partial charge in [0, 0.05) is 0 Å². The van der Waals surface area contributed by atoms with E-state index in [-0.39, 0.29) is 6.10 Å². The molecule has 0 saturated carbocycles. The van der Waals surface area contributed by atoms with E-state index in [1.165, 1.54) is 5.56 Å². The van der Waals surface area contributed by atoms with Crippen molar-refractivity contribution in [1.82, 2.24) is 0 Å². The summed E-state index contributed by atoms with van der Waals surface area (Å²) in [6, 6.07) is 6.15. The zero-order valence-corrected chi connectivity index (χ0v) is 9.62. The summed E-state index contributed by atoms with van der Waals surface area (Å²) in [4.78, 5) is 4.55. The van der Waals surface area contributed by atoms with E-state index in [1.807, 2.05) is 32.9 Å². The van der Waals surface area contributed by atoms with Crippen molar-refractivity contribution < 1.29 is 9.57 Å². The monoisotopic (exact) mass is 209 g/mol.